The third kappa shape index (κ3) is 5.52. The summed E-state index contributed by atoms with van der Waals surface area (Å²) in [7, 11) is 0. The number of halogens is 1. The number of nitrogens with zero attached hydrogens (tertiary/aromatic N) is 1. The molecule has 1 aromatic rings. The first kappa shape index (κ1) is 21.6. The van der Waals surface area contributed by atoms with Gasteiger partial charge in [0, 0.05) is 23.6 Å². The van der Waals surface area contributed by atoms with E-state index in [9.17, 15) is 0 Å². The predicted molar refractivity (Wildman–Crippen MR) is 117 cm³/mol. The SMILES string of the molecule is CCc1cccc(CC)c1NC(N)=NCC1(SC)CCOCC1.I. The second kappa shape index (κ2) is 10.5. The van der Waals surface area contributed by atoms with Crippen molar-refractivity contribution in [1.29, 1.82) is 0 Å². The smallest absolute Gasteiger partial charge is 0.193 e. The lowest BCUT2D eigenvalue weighted by Crippen LogP contribution is -2.37. The Labute approximate surface area is 167 Å². The summed E-state index contributed by atoms with van der Waals surface area (Å²) in [6, 6.07) is 6.41. The number of aryl methyl sites for hydroxylation is 2. The molecule has 0 bridgehead atoms. The first-order valence-electron chi connectivity index (χ1n) is 8.44. The van der Waals surface area contributed by atoms with Gasteiger partial charge in [-0.3, -0.25) is 4.99 Å². The van der Waals surface area contributed by atoms with Crippen molar-refractivity contribution in [1.82, 2.24) is 0 Å². The molecule has 3 N–H and O–H groups in total. The number of ether oxygens (including phenoxy) is 1. The zero-order valence-electron chi connectivity index (χ0n) is 14.9. The van der Waals surface area contributed by atoms with E-state index in [4.69, 9.17) is 10.5 Å². The van der Waals surface area contributed by atoms with Crippen LogP contribution in [0.25, 0.3) is 0 Å². The topological polar surface area (TPSA) is 59.6 Å². The maximum Gasteiger partial charge on any atom is 0.193 e. The molecule has 0 radical (unpaired) electrons. The third-order valence-electron chi connectivity index (χ3n) is 4.63. The largest absolute Gasteiger partial charge is 0.381 e. The lowest BCUT2D eigenvalue weighted by molar-refractivity contribution is 0.0794. The third-order valence-corrected chi connectivity index (χ3v) is 6.03. The highest BCUT2D eigenvalue weighted by molar-refractivity contribution is 14.0. The van der Waals surface area contributed by atoms with E-state index in [0.29, 0.717) is 5.96 Å². The fraction of sp³-hybridized carbons (Fsp3) is 0.611. The van der Waals surface area contributed by atoms with Crippen LogP contribution < -0.4 is 11.1 Å². The van der Waals surface area contributed by atoms with Crippen LogP contribution in [-0.4, -0.2) is 36.7 Å². The molecule has 0 saturated carbocycles. The summed E-state index contributed by atoms with van der Waals surface area (Å²) in [4.78, 5) is 4.64. The van der Waals surface area contributed by atoms with Crippen molar-refractivity contribution in [2.24, 2.45) is 10.7 Å². The van der Waals surface area contributed by atoms with Gasteiger partial charge in [-0.05, 0) is 43.1 Å². The van der Waals surface area contributed by atoms with Gasteiger partial charge >= 0.3 is 0 Å². The number of para-hydroxylation sites is 1. The molecule has 136 valence electrons. The monoisotopic (exact) mass is 463 g/mol. The summed E-state index contributed by atoms with van der Waals surface area (Å²) in [6.45, 7) is 6.72. The maximum absolute atomic E-state index is 6.18. The normalized spacial score (nSPS) is 17.2. The highest BCUT2D eigenvalue weighted by Crippen LogP contribution is 2.34. The average Bonchev–Trinajstić information content (AvgIpc) is 2.61. The minimum Gasteiger partial charge on any atom is -0.381 e. The van der Waals surface area contributed by atoms with Crippen LogP contribution in [0.15, 0.2) is 23.2 Å². The van der Waals surface area contributed by atoms with Gasteiger partial charge in [0.25, 0.3) is 0 Å². The van der Waals surface area contributed by atoms with Crippen LogP contribution in [0.2, 0.25) is 0 Å². The molecule has 1 heterocycles. The van der Waals surface area contributed by atoms with Gasteiger partial charge in [0.15, 0.2) is 5.96 Å². The number of thioether (sulfide) groups is 1. The number of anilines is 1. The van der Waals surface area contributed by atoms with Gasteiger partial charge in [-0.15, -0.1) is 24.0 Å². The minimum atomic E-state index is 0. The Balaban J connectivity index is 0.00000288. The van der Waals surface area contributed by atoms with Crippen LogP contribution in [0.3, 0.4) is 0 Å². The minimum absolute atomic E-state index is 0. The summed E-state index contributed by atoms with van der Waals surface area (Å²) in [5.41, 5.74) is 9.88. The molecule has 6 heteroatoms. The molecule has 4 nitrogen and oxygen atoms in total. The van der Waals surface area contributed by atoms with Crippen molar-refractivity contribution in [3.8, 4) is 0 Å². The molecule has 0 aliphatic carbocycles. The number of hydrogen-bond donors (Lipinski definition) is 2. The van der Waals surface area contributed by atoms with Crippen LogP contribution in [0, 0.1) is 0 Å². The van der Waals surface area contributed by atoms with E-state index in [-0.39, 0.29) is 28.7 Å². The second-order valence-corrected chi connectivity index (χ2v) is 7.26. The second-order valence-electron chi connectivity index (χ2n) is 5.98. The first-order valence-corrected chi connectivity index (χ1v) is 9.67. The van der Waals surface area contributed by atoms with Crippen molar-refractivity contribution < 1.29 is 4.74 Å². The number of guanidine groups is 1. The molecule has 1 aliphatic rings. The van der Waals surface area contributed by atoms with Crippen molar-refractivity contribution in [2.75, 3.05) is 31.3 Å². The number of nitrogens with two attached hydrogens (primary N) is 1. The van der Waals surface area contributed by atoms with Gasteiger partial charge < -0.3 is 15.8 Å². The Morgan fingerprint density at radius 3 is 2.33 bits per heavy atom. The first-order chi connectivity index (χ1) is 11.1. The van der Waals surface area contributed by atoms with Crippen molar-refractivity contribution in [3.63, 3.8) is 0 Å². The molecule has 1 saturated heterocycles. The number of aliphatic imine (C=N–C) groups is 1. The Morgan fingerprint density at radius 2 is 1.83 bits per heavy atom. The summed E-state index contributed by atoms with van der Waals surface area (Å²) < 4.78 is 5.65. The Kier molecular flexibility index (Phi) is 9.44. The van der Waals surface area contributed by atoms with Gasteiger partial charge in [0.2, 0.25) is 0 Å². The zero-order valence-corrected chi connectivity index (χ0v) is 18.1. The molecule has 1 fully saturated rings. The standard InChI is InChI=1S/C18H29N3OS.HI/c1-4-14-7-6-8-15(5-2)16(14)21-17(19)20-13-18(23-3)9-11-22-12-10-18;/h6-8H,4-5,9-13H2,1-3H3,(H3,19,20,21);1H. The fourth-order valence-electron chi connectivity index (χ4n) is 2.97. The predicted octanol–water partition coefficient (Wildman–Crippen LogP) is 4.07. The van der Waals surface area contributed by atoms with Crippen LogP contribution in [-0.2, 0) is 17.6 Å². The Bertz CT molecular complexity index is 523. The molecule has 0 aromatic heterocycles. The van der Waals surface area contributed by atoms with E-state index < -0.39 is 0 Å². The molecule has 1 aliphatic heterocycles. The molecule has 0 unspecified atom stereocenters. The van der Waals surface area contributed by atoms with E-state index in [2.05, 4.69) is 48.6 Å². The number of hydrogen-bond acceptors (Lipinski definition) is 3. The summed E-state index contributed by atoms with van der Waals surface area (Å²) >= 11 is 1.89. The van der Waals surface area contributed by atoms with Gasteiger partial charge in [-0.25, -0.2) is 0 Å². The highest BCUT2D eigenvalue weighted by Gasteiger charge is 2.31. The van der Waals surface area contributed by atoms with Gasteiger partial charge in [-0.2, -0.15) is 11.8 Å². The summed E-state index contributed by atoms with van der Waals surface area (Å²) in [5.74, 6) is 0.514. The van der Waals surface area contributed by atoms with E-state index in [0.717, 1.165) is 51.1 Å². The number of benzene rings is 1. The molecule has 1 aromatic carbocycles. The summed E-state index contributed by atoms with van der Waals surface area (Å²) in [5, 5.41) is 3.35. The van der Waals surface area contributed by atoms with Crippen molar-refractivity contribution in [3.05, 3.63) is 29.3 Å². The molecule has 24 heavy (non-hydrogen) atoms. The van der Waals surface area contributed by atoms with Gasteiger partial charge in [-0.1, -0.05) is 32.0 Å². The van der Waals surface area contributed by atoms with Gasteiger partial charge in [0.05, 0.1) is 6.54 Å². The molecule has 0 atom stereocenters. The Hall–Kier alpha value is -0.470. The molecular weight excluding hydrogens is 433 g/mol. The van der Waals surface area contributed by atoms with E-state index in [1.807, 2.05) is 11.8 Å². The van der Waals surface area contributed by atoms with Crippen LogP contribution >= 0.6 is 35.7 Å². The van der Waals surface area contributed by atoms with Crippen LogP contribution in [0.1, 0.15) is 37.8 Å². The lowest BCUT2D eigenvalue weighted by Gasteiger charge is -2.34. The molecule has 2 rings (SSSR count). The van der Waals surface area contributed by atoms with Gasteiger partial charge in [0.1, 0.15) is 0 Å². The Morgan fingerprint density at radius 1 is 1.25 bits per heavy atom. The lowest BCUT2D eigenvalue weighted by atomic mass is 9.99. The van der Waals surface area contributed by atoms with Crippen LogP contribution in [0.5, 0.6) is 0 Å². The van der Waals surface area contributed by atoms with E-state index >= 15 is 0 Å². The van der Waals surface area contributed by atoms with Crippen molar-refractivity contribution in [2.45, 2.75) is 44.3 Å². The number of nitrogens with one attached hydrogen (secondary N) is 1. The number of rotatable bonds is 6. The quantitative estimate of drug-likeness (QED) is 0.380. The fourth-order valence-corrected chi connectivity index (χ4v) is 3.74. The molecule has 0 spiro atoms. The van der Waals surface area contributed by atoms with E-state index in [1.165, 1.54) is 11.1 Å². The van der Waals surface area contributed by atoms with Crippen molar-refractivity contribution >= 4 is 47.4 Å². The average molecular weight is 463 g/mol. The molecule has 0 amide bonds. The highest BCUT2D eigenvalue weighted by atomic mass is 127. The van der Waals surface area contributed by atoms with Crippen LogP contribution in [0.4, 0.5) is 5.69 Å². The maximum atomic E-state index is 6.18. The zero-order chi connectivity index (χ0) is 16.7. The summed E-state index contributed by atoms with van der Waals surface area (Å²) in [6.07, 6.45) is 6.20. The molecular formula is C18H30IN3OS. The van der Waals surface area contributed by atoms with E-state index in [1.54, 1.807) is 0 Å².